The smallest absolute Gasteiger partial charge is 0.290 e. The molecule has 0 bridgehead atoms. The molecule has 2 aliphatic heterocycles. The molecule has 0 unspecified atom stereocenters. The lowest BCUT2D eigenvalue weighted by atomic mass is 10.1. The zero-order valence-corrected chi connectivity index (χ0v) is 14.9. The van der Waals surface area contributed by atoms with Crippen molar-refractivity contribution in [3.63, 3.8) is 0 Å². The summed E-state index contributed by atoms with van der Waals surface area (Å²) in [5.41, 5.74) is 0.191. The summed E-state index contributed by atoms with van der Waals surface area (Å²) in [6, 6.07) is 4.74. The number of hydrogen-bond donors (Lipinski definition) is 4. The lowest BCUT2D eigenvalue weighted by Gasteiger charge is -2.34. The number of nitrogens with one attached hydrogen (secondary N) is 1. The van der Waals surface area contributed by atoms with Gasteiger partial charge in [-0.2, -0.15) is 0 Å². The molecule has 0 spiro atoms. The van der Waals surface area contributed by atoms with Crippen LogP contribution in [0.1, 0.15) is 23.2 Å². The predicted molar refractivity (Wildman–Crippen MR) is 94.5 cm³/mol. The number of aliphatic hydroxyl groups is 1. The summed E-state index contributed by atoms with van der Waals surface area (Å²) >= 11 is 5.89. The second-order valence-corrected chi connectivity index (χ2v) is 6.68. The van der Waals surface area contributed by atoms with Gasteiger partial charge in [-0.1, -0.05) is 11.6 Å². The number of fused-ring (bicyclic) bond motifs is 1. The van der Waals surface area contributed by atoms with E-state index in [1.807, 2.05) is 0 Å². The Kier molecular flexibility index (Phi) is 7.65. The highest BCUT2D eigenvalue weighted by molar-refractivity contribution is 6.31. The van der Waals surface area contributed by atoms with Crippen LogP contribution in [0.15, 0.2) is 18.2 Å². The zero-order valence-electron chi connectivity index (χ0n) is 14.2. The molecule has 2 saturated heterocycles. The first-order chi connectivity index (χ1) is 12.5. The van der Waals surface area contributed by atoms with Gasteiger partial charge in [-0.25, -0.2) is 0 Å². The van der Waals surface area contributed by atoms with E-state index in [1.54, 1.807) is 6.07 Å². The van der Waals surface area contributed by atoms with Crippen LogP contribution < -0.4 is 5.32 Å². The standard InChI is InChI=1S/C16H21ClN2O4.CH2O2/c17-10-1-2-15(21)14(5-10)16(22)18-11-6-12-9-23-13(3-4-20)8-19(12)7-11;2-1-3/h1-2,5,11-13,20-21H,3-4,6-9H2,(H,18,22);1H,(H,2,3)/t11-,12+,13+;/m1./s1. The van der Waals surface area contributed by atoms with E-state index in [4.69, 9.17) is 31.3 Å². The number of ether oxygens (including phenoxy) is 1. The van der Waals surface area contributed by atoms with Crippen molar-refractivity contribution in [1.82, 2.24) is 10.2 Å². The molecular formula is C17H23ClN2O6. The van der Waals surface area contributed by atoms with E-state index < -0.39 is 0 Å². The van der Waals surface area contributed by atoms with Crippen molar-refractivity contribution in [1.29, 1.82) is 0 Å². The summed E-state index contributed by atoms with van der Waals surface area (Å²) in [6.07, 6.45) is 1.51. The monoisotopic (exact) mass is 386 g/mol. The number of phenolic OH excluding ortho intramolecular Hbond substituents is 1. The Balaban J connectivity index is 0.000000758. The minimum atomic E-state index is -0.317. The largest absolute Gasteiger partial charge is 0.507 e. The second kappa shape index (κ2) is 9.72. The van der Waals surface area contributed by atoms with Crippen molar-refractivity contribution in [2.45, 2.75) is 31.0 Å². The third-order valence-electron chi connectivity index (χ3n) is 4.48. The fraction of sp³-hybridized carbons (Fsp3) is 0.529. The number of nitrogens with zero attached hydrogens (tertiary/aromatic N) is 1. The van der Waals surface area contributed by atoms with Crippen LogP contribution in [0.25, 0.3) is 0 Å². The maximum absolute atomic E-state index is 12.3. The molecule has 2 fully saturated rings. The van der Waals surface area contributed by atoms with E-state index in [-0.39, 0.29) is 42.4 Å². The SMILES string of the molecule is O=C(N[C@@H]1C[C@H]2CO[C@@H](CCO)CN2C1)c1cc(Cl)ccc1O.O=CO. The number of carbonyl (C=O) groups is 2. The molecule has 144 valence electrons. The Labute approximate surface area is 156 Å². The van der Waals surface area contributed by atoms with Crippen LogP contribution in [0.3, 0.4) is 0 Å². The molecule has 0 aromatic heterocycles. The van der Waals surface area contributed by atoms with Gasteiger partial charge in [0.05, 0.1) is 18.3 Å². The highest BCUT2D eigenvalue weighted by atomic mass is 35.5. The Hall–Kier alpha value is -1.87. The Morgan fingerprint density at radius 2 is 2.15 bits per heavy atom. The number of phenols is 1. The zero-order chi connectivity index (χ0) is 19.1. The van der Waals surface area contributed by atoms with Gasteiger partial charge in [-0.05, 0) is 31.0 Å². The van der Waals surface area contributed by atoms with Crippen LogP contribution in [-0.2, 0) is 9.53 Å². The summed E-state index contributed by atoms with van der Waals surface area (Å²) in [5.74, 6) is -0.392. The van der Waals surface area contributed by atoms with Gasteiger partial charge in [0.1, 0.15) is 5.75 Å². The molecule has 0 radical (unpaired) electrons. The van der Waals surface area contributed by atoms with Crippen LogP contribution in [-0.4, -0.2) is 77.1 Å². The highest BCUT2D eigenvalue weighted by Gasteiger charge is 2.37. The first-order valence-electron chi connectivity index (χ1n) is 8.32. The summed E-state index contributed by atoms with van der Waals surface area (Å²) in [7, 11) is 0. The molecule has 1 aromatic rings. The lowest BCUT2D eigenvalue weighted by molar-refractivity contribution is -0.122. The average molecular weight is 387 g/mol. The summed E-state index contributed by atoms with van der Waals surface area (Å²) in [5, 5.41) is 29.1. The van der Waals surface area contributed by atoms with E-state index in [0.29, 0.717) is 24.1 Å². The van der Waals surface area contributed by atoms with Crippen molar-refractivity contribution in [2.24, 2.45) is 0 Å². The average Bonchev–Trinajstić information content (AvgIpc) is 2.99. The molecule has 2 aliphatic rings. The van der Waals surface area contributed by atoms with E-state index in [9.17, 15) is 9.90 Å². The fourth-order valence-electron chi connectivity index (χ4n) is 3.32. The molecule has 8 nitrogen and oxygen atoms in total. The van der Waals surface area contributed by atoms with Crippen LogP contribution >= 0.6 is 11.6 Å². The molecule has 0 saturated carbocycles. The molecule has 3 rings (SSSR count). The van der Waals surface area contributed by atoms with E-state index in [2.05, 4.69) is 10.2 Å². The number of rotatable bonds is 4. The van der Waals surface area contributed by atoms with Gasteiger partial charge in [-0.3, -0.25) is 14.5 Å². The van der Waals surface area contributed by atoms with Gasteiger partial charge in [0.25, 0.3) is 12.4 Å². The van der Waals surface area contributed by atoms with Crippen molar-refractivity contribution in [3.05, 3.63) is 28.8 Å². The molecule has 0 aliphatic carbocycles. The third kappa shape index (κ3) is 5.31. The highest BCUT2D eigenvalue weighted by Crippen LogP contribution is 2.26. The fourth-order valence-corrected chi connectivity index (χ4v) is 3.49. The summed E-state index contributed by atoms with van der Waals surface area (Å²) in [6.45, 7) is 2.03. The minimum Gasteiger partial charge on any atom is -0.507 e. The Bertz CT molecular complexity index is 629. The third-order valence-corrected chi connectivity index (χ3v) is 4.71. The van der Waals surface area contributed by atoms with Crippen LogP contribution in [0.4, 0.5) is 0 Å². The normalized spacial score (nSPS) is 24.9. The van der Waals surface area contributed by atoms with Crippen LogP contribution in [0.2, 0.25) is 5.02 Å². The van der Waals surface area contributed by atoms with Crippen molar-refractivity contribution >= 4 is 24.0 Å². The van der Waals surface area contributed by atoms with Gasteiger partial charge in [0.15, 0.2) is 0 Å². The Morgan fingerprint density at radius 3 is 2.85 bits per heavy atom. The summed E-state index contributed by atoms with van der Waals surface area (Å²) < 4.78 is 5.73. The van der Waals surface area contributed by atoms with Gasteiger partial charge < -0.3 is 25.4 Å². The minimum absolute atomic E-state index is 0.0161. The number of halogens is 1. The van der Waals surface area contributed by atoms with Gasteiger partial charge in [0, 0.05) is 36.8 Å². The van der Waals surface area contributed by atoms with Crippen molar-refractivity contribution in [3.8, 4) is 5.75 Å². The number of aromatic hydroxyl groups is 1. The Morgan fingerprint density at radius 1 is 1.42 bits per heavy atom. The number of hydrogen-bond acceptors (Lipinski definition) is 6. The van der Waals surface area contributed by atoms with Crippen molar-refractivity contribution < 1.29 is 29.6 Å². The van der Waals surface area contributed by atoms with Crippen LogP contribution in [0, 0.1) is 0 Å². The molecular weight excluding hydrogens is 364 g/mol. The van der Waals surface area contributed by atoms with E-state index in [0.717, 1.165) is 19.5 Å². The number of benzene rings is 1. The molecule has 9 heteroatoms. The lowest BCUT2D eigenvalue weighted by Crippen LogP contribution is -2.46. The van der Waals surface area contributed by atoms with Crippen LogP contribution in [0.5, 0.6) is 5.75 Å². The quantitative estimate of drug-likeness (QED) is 0.562. The molecule has 4 N–H and O–H groups in total. The van der Waals surface area contributed by atoms with E-state index in [1.165, 1.54) is 12.1 Å². The van der Waals surface area contributed by atoms with Gasteiger partial charge in [0.2, 0.25) is 0 Å². The first kappa shape index (κ1) is 20.4. The number of morpholine rings is 1. The number of aliphatic hydroxyl groups excluding tert-OH is 1. The molecule has 1 amide bonds. The van der Waals surface area contributed by atoms with Gasteiger partial charge >= 0.3 is 0 Å². The number of carbonyl (C=O) groups excluding carboxylic acids is 1. The molecule has 1 aromatic carbocycles. The second-order valence-electron chi connectivity index (χ2n) is 6.25. The molecule has 26 heavy (non-hydrogen) atoms. The predicted octanol–water partition coefficient (Wildman–Crippen LogP) is 0.700. The maximum Gasteiger partial charge on any atom is 0.290 e. The summed E-state index contributed by atoms with van der Waals surface area (Å²) in [4.78, 5) is 23.0. The first-order valence-corrected chi connectivity index (χ1v) is 8.70. The van der Waals surface area contributed by atoms with E-state index >= 15 is 0 Å². The van der Waals surface area contributed by atoms with Gasteiger partial charge in [-0.15, -0.1) is 0 Å². The topological polar surface area (TPSA) is 119 Å². The van der Waals surface area contributed by atoms with Crippen molar-refractivity contribution in [2.75, 3.05) is 26.3 Å². The molecule has 2 heterocycles. The maximum atomic E-state index is 12.3. The number of amides is 1. The number of carboxylic acid groups (broad SMARTS) is 1. The molecule has 3 atom stereocenters.